The van der Waals surface area contributed by atoms with Gasteiger partial charge >= 0.3 is 0 Å². The molecular weight excluding hydrogens is 456 g/mol. The van der Waals surface area contributed by atoms with E-state index in [-0.39, 0.29) is 5.91 Å². The molecule has 1 saturated heterocycles. The van der Waals surface area contributed by atoms with Crippen molar-refractivity contribution in [1.82, 2.24) is 19.6 Å². The van der Waals surface area contributed by atoms with Gasteiger partial charge in [0, 0.05) is 56.0 Å². The molecule has 1 atom stereocenters. The zero-order valence-corrected chi connectivity index (χ0v) is 21.0. The number of amides is 1. The number of fused-ring (bicyclic) bond motifs is 1. The van der Waals surface area contributed by atoms with Crippen LogP contribution in [0.1, 0.15) is 45.7 Å². The predicted molar refractivity (Wildman–Crippen MR) is 136 cm³/mol. The van der Waals surface area contributed by atoms with Crippen molar-refractivity contribution in [3.63, 3.8) is 0 Å². The lowest BCUT2D eigenvalue weighted by atomic mass is 10.0. The van der Waals surface area contributed by atoms with Crippen molar-refractivity contribution in [1.29, 1.82) is 0 Å². The first-order valence-electron chi connectivity index (χ1n) is 12.6. The fraction of sp³-hybridized carbons (Fsp3) is 0.429. The number of carbonyl (C=O) groups excluding carboxylic acids is 1. The largest absolute Gasteiger partial charge is 0.497 e. The van der Waals surface area contributed by atoms with Crippen LogP contribution in [0.4, 0.5) is 0 Å². The SMILES string of the molecule is COc1cccc(Cn2nc(C(=O)N3CCC[C@H](O)C3)c3c2CCN(Cc2ccccc2OC)C3)c1. The van der Waals surface area contributed by atoms with Gasteiger partial charge in [0.2, 0.25) is 0 Å². The quantitative estimate of drug-likeness (QED) is 0.548. The van der Waals surface area contributed by atoms with Gasteiger partial charge < -0.3 is 19.5 Å². The first-order chi connectivity index (χ1) is 17.6. The molecule has 0 saturated carbocycles. The lowest BCUT2D eigenvalue weighted by Crippen LogP contribution is -2.43. The number of likely N-dealkylation sites (tertiary alicyclic amines) is 1. The van der Waals surface area contributed by atoms with Crippen LogP contribution in [0.3, 0.4) is 0 Å². The minimum atomic E-state index is -0.473. The Morgan fingerprint density at radius 1 is 1.08 bits per heavy atom. The van der Waals surface area contributed by atoms with Crippen LogP contribution in [0.5, 0.6) is 11.5 Å². The third-order valence-corrected chi connectivity index (χ3v) is 7.15. The van der Waals surface area contributed by atoms with Gasteiger partial charge in [0.15, 0.2) is 5.69 Å². The summed E-state index contributed by atoms with van der Waals surface area (Å²) in [6.45, 7) is 3.83. The van der Waals surface area contributed by atoms with Gasteiger partial charge in [-0.25, -0.2) is 0 Å². The number of aromatic nitrogens is 2. The minimum Gasteiger partial charge on any atom is -0.497 e. The standard InChI is InChI=1S/C28H34N4O4/c1-35-23-10-5-7-20(15-23)16-32-25-12-14-30(17-21-8-3-4-11-26(21)36-2)19-24(25)27(29-32)28(34)31-13-6-9-22(33)18-31/h3-5,7-8,10-11,15,22,33H,6,9,12-14,16-19H2,1-2H3/t22-/m0/s1. The van der Waals surface area contributed by atoms with Gasteiger partial charge in [-0.15, -0.1) is 0 Å². The van der Waals surface area contributed by atoms with E-state index >= 15 is 0 Å². The molecule has 0 spiro atoms. The van der Waals surface area contributed by atoms with Crippen molar-refractivity contribution >= 4 is 5.91 Å². The van der Waals surface area contributed by atoms with E-state index in [1.807, 2.05) is 41.1 Å². The molecule has 8 nitrogen and oxygen atoms in total. The van der Waals surface area contributed by atoms with Crippen LogP contribution in [0, 0.1) is 0 Å². The summed E-state index contributed by atoms with van der Waals surface area (Å²) in [7, 11) is 3.36. The molecule has 1 aromatic heterocycles. The second kappa shape index (κ2) is 10.7. The van der Waals surface area contributed by atoms with Crippen LogP contribution in [-0.4, -0.2) is 70.6 Å². The van der Waals surface area contributed by atoms with Crippen LogP contribution < -0.4 is 9.47 Å². The number of β-amino-alcohol motifs (C(OH)–C–C–N with tert-alkyl or cyclic N) is 1. The number of rotatable bonds is 7. The molecule has 0 aliphatic carbocycles. The number of ether oxygens (including phenoxy) is 2. The monoisotopic (exact) mass is 490 g/mol. The summed E-state index contributed by atoms with van der Waals surface area (Å²) in [6.07, 6.45) is 1.87. The molecule has 2 aliphatic rings. The number of para-hydroxylation sites is 1. The fourth-order valence-electron chi connectivity index (χ4n) is 5.29. The maximum atomic E-state index is 13.6. The van der Waals surface area contributed by atoms with Gasteiger partial charge in [0.05, 0.1) is 26.9 Å². The zero-order valence-electron chi connectivity index (χ0n) is 21.0. The molecule has 1 N–H and O–H groups in total. The second-order valence-corrected chi connectivity index (χ2v) is 9.60. The molecule has 3 aromatic rings. The summed E-state index contributed by atoms with van der Waals surface area (Å²) in [5.41, 5.74) is 4.80. The van der Waals surface area contributed by atoms with Gasteiger partial charge in [-0.3, -0.25) is 14.4 Å². The average molecular weight is 491 g/mol. The molecule has 0 bridgehead atoms. The molecule has 2 aliphatic heterocycles. The Labute approximate surface area is 212 Å². The van der Waals surface area contributed by atoms with Crippen molar-refractivity contribution < 1.29 is 19.4 Å². The lowest BCUT2D eigenvalue weighted by molar-refractivity contribution is 0.0466. The number of benzene rings is 2. The first kappa shape index (κ1) is 24.3. The molecule has 0 unspecified atom stereocenters. The van der Waals surface area contributed by atoms with Crippen molar-refractivity contribution in [2.24, 2.45) is 0 Å². The number of hydrogen-bond acceptors (Lipinski definition) is 6. The Balaban J connectivity index is 1.45. The van der Waals surface area contributed by atoms with E-state index < -0.39 is 6.10 Å². The van der Waals surface area contributed by atoms with E-state index in [0.717, 1.165) is 66.2 Å². The van der Waals surface area contributed by atoms with Gasteiger partial charge in [0.1, 0.15) is 11.5 Å². The van der Waals surface area contributed by atoms with Crippen molar-refractivity contribution in [3.05, 3.63) is 76.6 Å². The molecule has 190 valence electrons. The topological polar surface area (TPSA) is 80.1 Å². The maximum Gasteiger partial charge on any atom is 0.274 e. The Kier molecular flexibility index (Phi) is 7.25. The molecule has 2 aromatic carbocycles. The molecule has 3 heterocycles. The Morgan fingerprint density at radius 2 is 1.94 bits per heavy atom. The third kappa shape index (κ3) is 5.10. The smallest absolute Gasteiger partial charge is 0.274 e. The van der Waals surface area contributed by atoms with Crippen molar-refractivity contribution in [2.75, 3.05) is 33.9 Å². The summed E-state index contributed by atoms with van der Waals surface area (Å²) in [5, 5.41) is 15.0. The van der Waals surface area contributed by atoms with Crippen molar-refractivity contribution in [2.45, 2.75) is 45.0 Å². The molecular formula is C28H34N4O4. The second-order valence-electron chi connectivity index (χ2n) is 9.60. The third-order valence-electron chi connectivity index (χ3n) is 7.15. The molecule has 1 amide bonds. The molecule has 5 rings (SSSR count). The summed E-state index contributed by atoms with van der Waals surface area (Å²) in [5.74, 6) is 1.58. The Hall–Kier alpha value is -3.36. The van der Waals surface area contributed by atoms with Crippen LogP contribution in [0.15, 0.2) is 48.5 Å². The Morgan fingerprint density at radius 3 is 2.75 bits per heavy atom. The number of aliphatic hydroxyl groups is 1. The first-order valence-corrected chi connectivity index (χ1v) is 12.6. The van der Waals surface area contributed by atoms with E-state index in [4.69, 9.17) is 14.6 Å². The van der Waals surface area contributed by atoms with E-state index in [1.165, 1.54) is 0 Å². The highest BCUT2D eigenvalue weighted by Crippen LogP contribution is 2.28. The van der Waals surface area contributed by atoms with Gasteiger partial charge in [0.25, 0.3) is 5.91 Å². The van der Waals surface area contributed by atoms with Crippen LogP contribution in [-0.2, 0) is 26.1 Å². The number of aliphatic hydroxyl groups excluding tert-OH is 1. The average Bonchev–Trinajstić information content (AvgIpc) is 3.26. The fourth-order valence-corrected chi connectivity index (χ4v) is 5.29. The summed E-state index contributed by atoms with van der Waals surface area (Å²) >= 11 is 0. The highest BCUT2D eigenvalue weighted by molar-refractivity contribution is 5.94. The van der Waals surface area contributed by atoms with E-state index in [1.54, 1.807) is 19.1 Å². The molecule has 0 radical (unpaired) electrons. The summed E-state index contributed by atoms with van der Waals surface area (Å²) < 4.78 is 12.9. The number of piperidine rings is 1. The van der Waals surface area contributed by atoms with Crippen molar-refractivity contribution in [3.8, 4) is 11.5 Å². The number of nitrogens with zero attached hydrogens (tertiary/aromatic N) is 4. The van der Waals surface area contributed by atoms with Crippen LogP contribution >= 0.6 is 0 Å². The molecule has 1 fully saturated rings. The highest BCUT2D eigenvalue weighted by atomic mass is 16.5. The highest BCUT2D eigenvalue weighted by Gasteiger charge is 2.32. The number of methoxy groups -OCH3 is 2. The number of hydrogen-bond donors (Lipinski definition) is 1. The van der Waals surface area contributed by atoms with Crippen LogP contribution in [0.2, 0.25) is 0 Å². The molecule has 8 heteroatoms. The Bertz CT molecular complexity index is 1220. The normalized spacial score (nSPS) is 18.1. The lowest BCUT2D eigenvalue weighted by Gasteiger charge is -2.31. The minimum absolute atomic E-state index is 0.0893. The maximum absolute atomic E-state index is 13.6. The predicted octanol–water partition coefficient (Wildman–Crippen LogP) is 3.10. The molecule has 36 heavy (non-hydrogen) atoms. The van der Waals surface area contributed by atoms with E-state index in [2.05, 4.69) is 17.0 Å². The summed E-state index contributed by atoms with van der Waals surface area (Å²) in [4.78, 5) is 17.7. The van der Waals surface area contributed by atoms with Crippen LogP contribution in [0.25, 0.3) is 0 Å². The number of carbonyl (C=O) groups is 1. The van der Waals surface area contributed by atoms with Gasteiger partial charge in [-0.2, -0.15) is 5.10 Å². The van der Waals surface area contributed by atoms with E-state index in [0.29, 0.717) is 31.9 Å². The van der Waals surface area contributed by atoms with Gasteiger partial charge in [-0.1, -0.05) is 30.3 Å². The summed E-state index contributed by atoms with van der Waals surface area (Å²) in [6, 6.07) is 16.0. The van der Waals surface area contributed by atoms with Gasteiger partial charge in [-0.05, 0) is 36.6 Å². The van der Waals surface area contributed by atoms with E-state index in [9.17, 15) is 9.90 Å². The zero-order chi connectivity index (χ0) is 25.1.